The fourth-order valence-electron chi connectivity index (χ4n) is 5.54. The Labute approximate surface area is 226 Å². The van der Waals surface area contributed by atoms with E-state index in [2.05, 4.69) is 26.2 Å². The van der Waals surface area contributed by atoms with Crippen LogP contribution in [0.25, 0.3) is 0 Å². The van der Waals surface area contributed by atoms with E-state index in [4.69, 9.17) is 4.99 Å². The lowest BCUT2D eigenvalue weighted by Crippen LogP contribution is -2.51. The van der Waals surface area contributed by atoms with Gasteiger partial charge in [0, 0.05) is 12.8 Å². The maximum Gasteiger partial charge on any atom is 0.220 e. The molecule has 1 heterocycles. The number of aliphatic imine (C=N–C) groups is 1. The molecule has 0 saturated heterocycles. The van der Waals surface area contributed by atoms with Gasteiger partial charge in [-0.25, -0.2) is 4.99 Å². The largest absolute Gasteiger partial charge is 0.350 e. The van der Waals surface area contributed by atoms with Gasteiger partial charge in [-0.2, -0.15) is 0 Å². The summed E-state index contributed by atoms with van der Waals surface area (Å²) in [5.74, 6) is 1.61. The summed E-state index contributed by atoms with van der Waals surface area (Å²) in [6, 6.07) is 0. The highest BCUT2D eigenvalue weighted by atomic mass is 16.1. The van der Waals surface area contributed by atoms with Gasteiger partial charge < -0.3 is 5.32 Å². The van der Waals surface area contributed by atoms with Gasteiger partial charge in [-0.05, 0) is 12.8 Å². The van der Waals surface area contributed by atoms with Crippen LogP contribution < -0.4 is 5.32 Å². The number of unbranched alkanes of at least 4 members (excludes halogenated alkanes) is 19. The Kier molecular flexibility index (Phi) is 21.4. The van der Waals surface area contributed by atoms with Crippen molar-refractivity contribution < 1.29 is 9.28 Å². The summed E-state index contributed by atoms with van der Waals surface area (Å²) in [7, 11) is 2.32. The summed E-state index contributed by atoms with van der Waals surface area (Å²) in [6.07, 6.45) is 30.3. The second-order valence-electron chi connectivity index (χ2n) is 11.7. The van der Waals surface area contributed by atoms with Gasteiger partial charge in [0.2, 0.25) is 5.91 Å². The molecule has 0 radical (unpaired) electrons. The van der Waals surface area contributed by atoms with Crippen LogP contribution in [0.4, 0.5) is 0 Å². The fraction of sp³-hybridized carbons (Fsp3) is 0.938. The zero-order valence-electron chi connectivity index (χ0n) is 24.9. The Balaban J connectivity index is 1.99. The summed E-state index contributed by atoms with van der Waals surface area (Å²) >= 11 is 0. The highest BCUT2D eigenvalue weighted by Crippen LogP contribution is 2.18. The molecule has 0 bridgehead atoms. The first kappa shape index (κ1) is 33.1. The van der Waals surface area contributed by atoms with Gasteiger partial charge in [0.05, 0.1) is 20.1 Å². The lowest BCUT2D eigenvalue weighted by molar-refractivity contribution is -0.814. The van der Waals surface area contributed by atoms with E-state index in [9.17, 15) is 4.79 Å². The van der Waals surface area contributed by atoms with Crippen LogP contribution in [0.2, 0.25) is 0 Å². The van der Waals surface area contributed by atoms with Gasteiger partial charge in [-0.3, -0.25) is 9.28 Å². The second-order valence-corrected chi connectivity index (χ2v) is 11.7. The molecule has 0 aromatic carbocycles. The van der Waals surface area contributed by atoms with Crippen molar-refractivity contribution in [3.63, 3.8) is 0 Å². The van der Waals surface area contributed by atoms with Crippen LogP contribution in [0, 0.1) is 0 Å². The zero-order valence-corrected chi connectivity index (χ0v) is 24.9. The lowest BCUT2D eigenvalue weighted by Gasteiger charge is -2.30. The SMILES string of the molecule is CCCCCCCCCCCCCC(=O)NCC[N+]1(C)CCN=C1CCCCCCCCCCCC. The maximum absolute atomic E-state index is 12.3. The normalized spacial score (nSPS) is 17.5. The number of nitrogens with one attached hydrogen (secondary N) is 1. The minimum atomic E-state index is 0.241. The fourth-order valence-corrected chi connectivity index (χ4v) is 5.54. The quantitative estimate of drug-likeness (QED) is 0.0923. The molecule has 4 nitrogen and oxygen atoms in total. The second kappa shape index (κ2) is 23.2. The third-order valence-corrected chi connectivity index (χ3v) is 8.20. The number of quaternary nitrogens is 1. The Morgan fingerprint density at radius 3 is 1.64 bits per heavy atom. The van der Waals surface area contributed by atoms with E-state index < -0.39 is 0 Å². The molecule has 0 aromatic heterocycles. The van der Waals surface area contributed by atoms with Crippen molar-refractivity contribution in [2.75, 3.05) is 33.2 Å². The third-order valence-electron chi connectivity index (χ3n) is 8.20. The summed E-state index contributed by atoms with van der Waals surface area (Å²) < 4.78 is 0.941. The maximum atomic E-state index is 12.3. The number of hydrogen-bond donors (Lipinski definition) is 1. The molecular formula is C32H64N3O+. The molecule has 0 aromatic rings. The number of carbonyl (C=O) groups is 1. The first-order valence-electron chi connectivity index (χ1n) is 16.3. The van der Waals surface area contributed by atoms with E-state index in [1.165, 1.54) is 134 Å². The average Bonchev–Trinajstić information content (AvgIpc) is 3.23. The van der Waals surface area contributed by atoms with Crippen molar-refractivity contribution in [1.29, 1.82) is 0 Å². The van der Waals surface area contributed by atoms with Crippen molar-refractivity contribution in [1.82, 2.24) is 5.32 Å². The highest BCUT2D eigenvalue weighted by Gasteiger charge is 2.32. The van der Waals surface area contributed by atoms with Gasteiger partial charge in [-0.1, -0.05) is 136 Å². The minimum absolute atomic E-state index is 0.241. The zero-order chi connectivity index (χ0) is 26.2. The average molecular weight is 507 g/mol. The Morgan fingerprint density at radius 1 is 0.694 bits per heavy atom. The number of likely N-dealkylation sites (N-methyl/N-ethyl adjacent to an activating group) is 1. The molecule has 1 rings (SSSR count). The van der Waals surface area contributed by atoms with Gasteiger partial charge >= 0.3 is 0 Å². The summed E-state index contributed by atoms with van der Waals surface area (Å²) in [6.45, 7) is 8.39. The van der Waals surface area contributed by atoms with E-state index in [1.807, 2.05) is 0 Å². The van der Waals surface area contributed by atoms with Gasteiger partial charge in [0.15, 0.2) is 5.84 Å². The summed E-state index contributed by atoms with van der Waals surface area (Å²) in [5.41, 5.74) is 0. The molecule has 36 heavy (non-hydrogen) atoms. The van der Waals surface area contributed by atoms with Crippen molar-refractivity contribution in [2.24, 2.45) is 4.99 Å². The van der Waals surface area contributed by atoms with Crippen LogP contribution in [0.5, 0.6) is 0 Å². The van der Waals surface area contributed by atoms with Crippen LogP contribution in [0.15, 0.2) is 4.99 Å². The molecule has 1 amide bonds. The topological polar surface area (TPSA) is 41.5 Å². The number of hydrogen-bond acceptors (Lipinski definition) is 2. The first-order chi connectivity index (χ1) is 17.6. The number of amides is 1. The van der Waals surface area contributed by atoms with Crippen molar-refractivity contribution >= 4 is 11.7 Å². The van der Waals surface area contributed by atoms with Gasteiger partial charge in [-0.15, -0.1) is 0 Å². The lowest BCUT2D eigenvalue weighted by atomic mass is 10.1. The van der Waals surface area contributed by atoms with Gasteiger partial charge in [0.25, 0.3) is 0 Å². The van der Waals surface area contributed by atoms with E-state index in [-0.39, 0.29) is 5.91 Å². The van der Waals surface area contributed by atoms with Crippen LogP contribution in [-0.4, -0.2) is 49.5 Å². The molecule has 4 heteroatoms. The van der Waals surface area contributed by atoms with Gasteiger partial charge in [0.1, 0.15) is 13.1 Å². The van der Waals surface area contributed by atoms with Crippen molar-refractivity contribution in [2.45, 2.75) is 162 Å². The van der Waals surface area contributed by atoms with Crippen LogP contribution in [0.1, 0.15) is 162 Å². The molecule has 212 valence electrons. The Bertz CT molecular complexity index is 548. The molecule has 0 spiro atoms. The molecule has 0 aliphatic carbocycles. The molecular weight excluding hydrogens is 442 g/mol. The summed E-state index contributed by atoms with van der Waals surface area (Å²) in [5, 5.41) is 3.19. The van der Waals surface area contributed by atoms with Crippen molar-refractivity contribution in [3.8, 4) is 0 Å². The number of rotatable bonds is 26. The molecule has 0 fully saturated rings. The Hall–Kier alpha value is -0.900. The van der Waals surface area contributed by atoms with Crippen LogP contribution in [0.3, 0.4) is 0 Å². The number of nitrogens with zero attached hydrogens (tertiary/aromatic N) is 2. The molecule has 1 aliphatic heterocycles. The molecule has 1 unspecified atom stereocenters. The number of carbonyl (C=O) groups excluding carboxylic acids is 1. The molecule has 1 aliphatic rings. The standard InChI is InChI=1S/C32H63N3O/c1-4-6-8-10-12-14-16-18-20-22-24-26-32(36)34-28-30-35(3)29-27-33-31(35)25-23-21-19-17-15-13-11-9-7-5-2/h4-30H2,1-3H3/p+1. The van der Waals surface area contributed by atoms with E-state index in [0.717, 1.165) is 43.5 Å². The van der Waals surface area contributed by atoms with E-state index in [1.54, 1.807) is 0 Å². The van der Waals surface area contributed by atoms with Crippen molar-refractivity contribution in [3.05, 3.63) is 0 Å². The first-order valence-corrected chi connectivity index (χ1v) is 16.3. The molecule has 1 atom stereocenters. The smallest absolute Gasteiger partial charge is 0.220 e. The Morgan fingerprint density at radius 2 is 1.14 bits per heavy atom. The van der Waals surface area contributed by atoms with E-state index >= 15 is 0 Å². The third kappa shape index (κ3) is 17.5. The number of amidine groups is 1. The summed E-state index contributed by atoms with van der Waals surface area (Å²) in [4.78, 5) is 17.1. The molecule has 0 saturated carbocycles. The predicted octanol–water partition coefficient (Wildman–Crippen LogP) is 8.97. The van der Waals surface area contributed by atoms with Crippen LogP contribution >= 0.6 is 0 Å². The molecule has 1 N–H and O–H groups in total. The van der Waals surface area contributed by atoms with Crippen LogP contribution in [-0.2, 0) is 4.79 Å². The monoisotopic (exact) mass is 507 g/mol. The highest BCUT2D eigenvalue weighted by molar-refractivity contribution is 5.77. The predicted molar refractivity (Wildman–Crippen MR) is 159 cm³/mol. The minimum Gasteiger partial charge on any atom is -0.350 e. The van der Waals surface area contributed by atoms with E-state index in [0.29, 0.717) is 6.42 Å².